The molecule has 4 heteroatoms. The molecule has 0 saturated carbocycles. The van der Waals surface area contributed by atoms with Gasteiger partial charge in [0.1, 0.15) is 11.5 Å². The van der Waals surface area contributed by atoms with Crippen molar-refractivity contribution in [2.45, 2.75) is 0 Å². The van der Waals surface area contributed by atoms with E-state index in [1.165, 1.54) is 0 Å². The first-order valence-corrected chi connectivity index (χ1v) is 6.38. The van der Waals surface area contributed by atoms with Crippen LogP contribution in [0.3, 0.4) is 0 Å². The predicted molar refractivity (Wildman–Crippen MR) is 81.5 cm³/mol. The molecular weight excluding hydrogens is 268 g/mol. The summed E-state index contributed by atoms with van der Waals surface area (Å²) in [4.78, 5) is 11.5. The molecular formula is C17H16O4. The van der Waals surface area contributed by atoms with Gasteiger partial charge in [0.2, 0.25) is 0 Å². The average molecular weight is 284 g/mol. The maximum Gasteiger partial charge on any atom is 0.336 e. The first-order valence-electron chi connectivity index (χ1n) is 6.38. The topological polar surface area (TPSA) is 55.8 Å². The summed E-state index contributed by atoms with van der Waals surface area (Å²) in [6.45, 7) is 0. The van der Waals surface area contributed by atoms with Crippen molar-refractivity contribution in [1.29, 1.82) is 0 Å². The highest BCUT2D eigenvalue weighted by Crippen LogP contribution is 2.28. The monoisotopic (exact) mass is 284 g/mol. The van der Waals surface area contributed by atoms with Gasteiger partial charge in [-0.15, -0.1) is 0 Å². The summed E-state index contributed by atoms with van der Waals surface area (Å²) in [6.07, 6.45) is 1.58. The third-order valence-corrected chi connectivity index (χ3v) is 3.05. The van der Waals surface area contributed by atoms with Crippen molar-refractivity contribution in [3.8, 4) is 11.5 Å². The van der Waals surface area contributed by atoms with Gasteiger partial charge in [-0.25, -0.2) is 4.79 Å². The van der Waals surface area contributed by atoms with Crippen LogP contribution in [-0.2, 0) is 4.79 Å². The van der Waals surface area contributed by atoms with Gasteiger partial charge in [-0.05, 0) is 29.8 Å². The van der Waals surface area contributed by atoms with Gasteiger partial charge < -0.3 is 14.6 Å². The van der Waals surface area contributed by atoms with E-state index in [4.69, 9.17) is 9.47 Å². The second-order valence-corrected chi connectivity index (χ2v) is 4.34. The second kappa shape index (κ2) is 6.61. The van der Waals surface area contributed by atoms with E-state index in [0.29, 0.717) is 22.6 Å². The van der Waals surface area contributed by atoms with E-state index in [0.717, 1.165) is 0 Å². The van der Waals surface area contributed by atoms with E-state index in [2.05, 4.69) is 0 Å². The number of rotatable bonds is 5. The number of methoxy groups -OCH3 is 2. The van der Waals surface area contributed by atoms with Gasteiger partial charge >= 0.3 is 5.97 Å². The van der Waals surface area contributed by atoms with Crippen molar-refractivity contribution in [3.05, 3.63) is 59.7 Å². The average Bonchev–Trinajstić information content (AvgIpc) is 2.52. The van der Waals surface area contributed by atoms with E-state index in [1.54, 1.807) is 62.8 Å². The van der Waals surface area contributed by atoms with Crippen LogP contribution in [-0.4, -0.2) is 25.3 Å². The minimum absolute atomic E-state index is 0.196. The van der Waals surface area contributed by atoms with E-state index in [1.807, 2.05) is 6.07 Å². The highest BCUT2D eigenvalue weighted by molar-refractivity contribution is 6.20. The zero-order valence-corrected chi connectivity index (χ0v) is 11.9. The Balaban J connectivity index is 2.55. The van der Waals surface area contributed by atoms with Crippen molar-refractivity contribution in [1.82, 2.24) is 0 Å². The normalized spacial score (nSPS) is 11.0. The number of benzene rings is 2. The molecule has 2 rings (SSSR count). The molecule has 2 aromatic carbocycles. The highest BCUT2D eigenvalue weighted by Gasteiger charge is 2.12. The van der Waals surface area contributed by atoms with Gasteiger partial charge in [0.15, 0.2) is 0 Å². The van der Waals surface area contributed by atoms with E-state index < -0.39 is 5.97 Å². The predicted octanol–water partition coefficient (Wildman–Crippen LogP) is 3.33. The zero-order chi connectivity index (χ0) is 15.2. The standard InChI is InChI=1S/C17H16O4/c1-20-14-8-9-16(21-2)13(10-14)11-15(17(18)19)12-6-4-3-5-7-12/h3-11H,1-2H3,(H,18,19)/b15-11+. The second-order valence-electron chi connectivity index (χ2n) is 4.34. The fraction of sp³-hybridized carbons (Fsp3) is 0.118. The Morgan fingerprint density at radius 1 is 1.05 bits per heavy atom. The van der Waals surface area contributed by atoms with Crippen LogP contribution < -0.4 is 9.47 Å². The van der Waals surface area contributed by atoms with Crippen LogP contribution in [0.5, 0.6) is 11.5 Å². The maximum absolute atomic E-state index is 11.5. The summed E-state index contributed by atoms with van der Waals surface area (Å²) in [7, 11) is 3.10. The summed E-state index contributed by atoms with van der Waals surface area (Å²) in [5.41, 5.74) is 1.48. The molecule has 21 heavy (non-hydrogen) atoms. The molecule has 0 amide bonds. The minimum Gasteiger partial charge on any atom is -0.497 e. The smallest absolute Gasteiger partial charge is 0.336 e. The number of carboxylic acids is 1. The largest absolute Gasteiger partial charge is 0.497 e. The van der Waals surface area contributed by atoms with Crippen molar-refractivity contribution in [3.63, 3.8) is 0 Å². The molecule has 0 aliphatic rings. The third-order valence-electron chi connectivity index (χ3n) is 3.05. The molecule has 0 aliphatic heterocycles. The molecule has 0 heterocycles. The highest BCUT2D eigenvalue weighted by atomic mass is 16.5. The van der Waals surface area contributed by atoms with Crippen molar-refractivity contribution < 1.29 is 19.4 Å². The van der Waals surface area contributed by atoms with Gasteiger partial charge in [-0.1, -0.05) is 30.3 Å². The number of carboxylic acid groups (broad SMARTS) is 1. The van der Waals surface area contributed by atoms with E-state index in [-0.39, 0.29) is 5.57 Å². The molecule has 2 aromatic rings. The Kier molecular flexibility index (Phi) is 4.61. The number of aliphatic carboxylic acids is 1. The summed E-state index contributed by atoms with van der Waals surface area (Å²) >= 11 is 0. The number of hydrogen-bond acceptors (Lipinski definition) is 3. The van der Waals surface area contributed by atoms with Crippen molar-refractivity contribution >= 4 is 17.6 Å². The van der Waals surface area contributed by atoms with Gasteiger partial charge in [0.25, 0.3) is 0 Å². The third kappa shape index (κ3) is 3.42. The maximum atomic E-state index is 11.5. The number of hydrogen-bond donors (Lipinski definition) is 1. The van der Waals surface area contributed by atoms with E-state index in [9.17, 15) is 9.90 Å². The SMILES string of the molecule is COc1ccc(OC)c(/C=C(/C(=O)O)c2ccccc2)c1. The number of carbonyl (C=O) groups is 1. The van der Waals surface area contributed by atoms with Gasteiger partial charge in [-0.3, -0.25) is 0 Å². The lowest BCUT2D eigenvalue weighted by molar-refractivity contribution is -0.130. The van der Waals surface area contributed by atoms with Crippen LogP contribution >= 0.6 is 0 Å². The molecule has 0 fully saturated rings. The van der Waals surface area contributed by atoms with Gasteiger partial charge in [0, 0.05) is 5.56 Å². The molecule has 1 N–H and O–H groups in total. The summed E-state index contributed by atoms with van der Waals surface area (Å²) in [5.74, 6) is 0.233. The summed E-state index contributed by atoms with van der Waals surface area (Å²) < 4.78 is 10.4. The van der Waals surface area contributed by atoms with Crippen LogP contribution in [0.4, 0.5) is 0 Å². The molecule has 0 bridgehead atoms. The Labute approximate surface area is 123 Å². The minimum atomic E-state index is -0.994. The molecule has 4 nitrogen and oxygen atoms in total. The van der Waals surface area contributed by atoms with Crippen LogP contribution in [0.2, 0.25) is 0 Å². The zero-order valence-electron chi connectivity index (χ0n) is 11.9. The molecule has 108 valence electrons. The van der Waals surface area contributed by atoms with Gasteiger partial charge in [0.05, 0.1) is 19.8 Å². The summed E-state index contributed by atoms with van der Waals surface area (Å²) in [6, 6.07) is 14.2. The molecule has 0 saturated heterocycles. The lowest BCUT2D eigenvalue weighted by Gasteiger charge is -2.09. The van der Waals surface area contributed by atoms with Crippen molar-refractivity contribution in [2.24, 2.45) is 0 Å². The van der Waals surface area contributed by atoms with Crippen molar-refractivity contribution in [2.75, 3.05) is 14.2 Å². The Morgan fingerprint density at radius 2 is 1.76 bits per heavy atom. The fourth-order valence-electron chi connectivity index (χ4n) is 1.99. The first kappa shape index (κ1) is 14.7. The quantitative estimate of drug-likeness (QED) is 0.676. The molecule has 0 spiro atoms. The van der Waals surface area contributed by atoms with Crippen LogP contribution in [0, 0.1) is 0 Å². The first-order chi connectivity index (χ1) is 10.2. The lowest BCUT2D eigenvalue weighted by atomic mass is 10.0. The molecule has 0 atom stereocenters. The van der Waals surface area contributed by atoms with Crippen LogP contribution in [0.15, 0.2) is 48.5 Å². The lowest BCUT2D eigenvalue weighted by Crippen LogP contribution is -2.00. The fourth-order valence-corrected chi connectivity index (χ4v) is 1.99. The Bertz CT molecular complexity index is 660. The number of ether oxygens (including phenoxy) is 2. The summed E-state index contributed by atoms with van der Waals surface area (Å²) in [5, 5.41) is 9.44. The molecule has 0 radical (unpaired) electrons. The molecule has 0 aliphatic carbocycles. The molecule has 0 unspecified atom stereocenters. The van der Waals surface area contributed by atoms with E-state index >= 15 is 0 Å². The Morgan fingerprint density at radius 3 is 2.33 bits per heavy atom. The van der Waals surface area contributed by atoms with Gasteiger partial charge in [-0.2, -0.15) is 0 Å². The molecule has 0 aromatic heterocycles. The Hall–Kier alpha value is -2.75. The van der Waals surface area contributed by atoms with Crippen LogP contribution in [0.25, 0.3) is 11.6 Å². The van der Waals surface area contributed by atoms with Crippen LogP contribution in [0.1, 0.15) is 11.1 Å².